The fourth-order valence-corrected chi connectivity index (χ4v) is 0. The number of hydrogen-bond donors (Lipinski definition) is 4. The van der Waals surface area contributed by atoms with Crippen molar-refractivity contribution in [2.45, 2.75) is 12.6 Å². The summed E-state index contributed by atoms with van der Waals surface area (Å²) in [5, 5.41) is 30.7. The Kier molecular flexibility index (Phi) is 708. The van der Waals surface area contributed by atoms with Gasteiger partial charge in [-0.2, -0.15) is 0 Å². The van der Waals surface area contributed by atoms with Crippen molar-refractivity contribution < 1.29 is 232 Å². The molecule has 16 N–H and O–H groups in total. The molecule has 0 aromatic rings. The average Bonchev–Trinajstić information content (AvgIpc) is 1.36. The maximum Gasteiger partial charge on any atom is 0.204 e. The van der Waals surface area contributed by atoms with Gasteiger partial charge in [-0.15, -0.1) is 0 Å². The van der Waals surface area contributed by atoms with Gasteiger partial charge in [0.2, 0.25) is 12.6 Å². The van der Waals surface area contributed by atoms with Crippen LogP contribution in [-0.4, -0.2) is 65.9 Å². The maximum absolute atomic E-state index is 7.69. The van der Waals surface area contributed by atoms with Gasteiger partial charge in [0, 0.05) is 179 Å². The Morgan fingerprint density at radius 3 is 0.350 bits per heavy atom. The van der Waals surface area contributed by atoms with E-state index in [1.165, 1.54) is 0 Å². The molecule has 0 amide bonds. The zero-order valence-corrected chi connectivity index (χ0v) is 20.2. The van der Waals surface area contributed by atoms with Crippen LogP contribution in [0.5, 0.6) is 0 Å². The van der Waals surface area contributed by atoms with Gasteiger partial charge in [-0.3, -0.25) is 0 Å². The van der Waals surface area contributed by atoms with Crippen LogP contribution in [0.15, 0.2) is 0 Å². The smallest absolute Gasteiger partial charge is 0.204 e. The summed E-state index contributed by atoms with van der Waals surface area (Å²) in [7, 11) is 0. The van der Waals surface area contributed by atoms with Gasteiger partial charge in [-0.25, -0.2) is 0 Å². The number of aliphatic hydroxyl groups is 4. The summed E-state index contributed by atoms with van der Waals surface area (Å²) < 4.78 is 0. The van der Waals surface area contributed by atoms with Crippen molar-refractivity contribution in [3.8, 4) is 0 Å². The molecule has 0 aliphatic carbocycles. The van der Waals surface area contributed by atoms with Crippen LogP contribution in [0.3, 0.4) is 0 Å². The van der Waals surface area contributed by atoms with E-state index in [0.717, 1.165) is 0 Å². The van der Waals surface area contributed by atoms with Gasteiger partial charge in [-0.1, -0.05) is 0 Å². The second-order valence-electron chi connectivity index (χ2n) is 0.827. The van der Waals surface area contributed by atoms with Gasteiger partial charge in [0.05, 0.1) is 0 Å². The van der Waals surface area contributed by atoms with Crippen LogP contribution in [0, 0.1) is 0 Å². The van der Waals surface area contributed by atoms with Gasteiger partial charge < -0.3 is 53.3 Å². The molecule has 0 aromatic heterocycles. The van der Waals surface area contributed by atoms with Crippen LogP contribution in [0.25, 0.3) is 0 Å². The zero-order chi connectivity index (χ0) is 5.15. The average molecular weight is 1070 g/mol. The van der Waals surface area contributed by atoms with Crippen molar-refractivity contribution >= 4 is 0 Å². The molecule has 0 saturated carbocycles. The largest absolute Gasteiger partial charge is 0.412 e. The van der Waals surface area contributed by atoms with Crippen molar-refractivity contribution in [2.75, 3.05) is 0 Å². The predicted octanol–water partition coefficient (Wildman–Crippen LogP) is -7.36. The van der Waals surface area contributed by atoms with Crippen LogP contribution in [-0.2, 0) is 179 Å². The minimum Gasteiger partial charge on any atom is -0.412 e. The van der Waals surface area contributed by atoms with Crippen LogP contribution in [0.1, 0.15) is 0 Å². The fraction of sp³-hybridized carbons (Fsp3) is 1.00. The Labute approximate surface area is 240 Å². The molecule has 10 nitrogen and oxygen atoms in total. The molecule has 0 rings (SSSR count). The van der Waals surface area contributed by atoms with E-state index in [-0.39, 0.29) is 212 Å². The van der Waals surface area contributed by atoms with Gasteiger partial charge in [-0.05, 0) is 0 Å². The fourth-order valence-electron chi connectivity index (χ4n) is 0. The van der Waals surface area contributed by atoms with Crippen molar-refractivity contribution in [2.24, 2.45) is 0 Å². The second-order valence-corrected chi connectivity index (χ2v) is 0.827. The first-order chi connectivity index (χ1) is 2.64. The summed E-state index contributed by atoms with van der Waals surface area (Å²) in [6.45, 7) is 0. The number of rotatable bonds is 1. The Morgan fingerprint density at radius 1 is 0.300 bits per heavy atom. The quantitative estimate of drug-likeness (QED) is 0.147. The third kappa shape index (κ3) is 132. The van der Waals surface area contributed by atoms with Crippen LogP contribution in [0.4, 0.5) is 0 Å². The SMILES string of the molecule is O.O.O.O.O.O.OC(O)C(O)O.[Ag].[Ag].[Ag].[Ag].[Ag].[Ag].[Ag].[Ag]. The predicted molar refractivity (Wildman–Crippen MR) is 38.1 cm³/mol. The van der Waals surface area contributed by atoms with Crippen molar-refractivity contribution in [3.05, 3.63) is 0 Å². The molecule has 18 heteroatoms. The molecular weight excluding hydrogens is 1050 g/mol. The normalized spacial score (nSPS) is 3.30. The van der Waals surface area contributed by atoms with E-state index in [1.54, 1.807) is 0 Å². The Bertz CT molecular complexity index is 48.2. The molecule has 0 aliphatic rings. The van der Waals surface area contributed by atoms with E-state index in [9.17, 15) is 0 Å². The summed E-state index contributed by atoms with van der Waals surface area (Å²) in [5.74, 6) is 0. The molecule has 0 bridgehead atoms. The third-order valence-electron chi connectivity index (χ3n) is 0.267. The summed E-state index contributed by atoms with van der Waals surface area (Å²) in [4.78, 5) is 0. The van der Waals surface area contributed by atoms with Gasteiger partial charge >= 0.3 is 0 Å². The Balaban J connectivity index is -0.00000000137. The van der Waals surface area contributed by atoms with Crippen molar-refractivity contribution in [1.29, 1.82) is 0 Å². The Hall–Kier alpha value is 5.52. The van der Waals surface area contributed by atoms with E-state index in [2.05, 4.69) is 0 Å². The number of aliphatic hydroxyl groups excluding tert-OH is 2. The Morgan fingerprint density at radius 2 is 0.350 bits per heavy atom. The van der Waals surface area contributed by atoms with Crippen molar-refractivity contribution in [3.63, 3.8) is 0 Å². The first kappa shape index (κ1) is 139. The molecule has 0 atom stereocenters. The molecular formula is C2H18Ag8O10. The van der Waals surface area contributed by atoms with Gasteiger partial charge in [0.1, 0.15) is 0 Å². The van der Waals surface area contributed by atoms with E-state index >= 15 is 0 Å². The molecule has 20 heavy (non-hydrogen) atoms. The first-order valence-electron chi connectivity index (χ1n) is 1.37. The van der Waals surface area contributed by atoms with Gasteiger partial charge in [0.25, 0.3) is 0 Å². The molecule has 0 fully saturated rings. The summed E-state index contributed by atoms with van der Waals surface area (Å²) in [5.41, 5.74) is 0. The van der Waals surface area contributed by atoms with E-state index in [1.807, 2.05) is 0 Å². The molecule has 0 unspecified atom stereocenters. The van der Waals surface area contributed by atoms with Crippen molar-refractivity contribution in [1.82, 2.24) is 0 Å². The molecule has 174 valence electrons. The van der Waals surface area contributed by atoms with E-state index in [0.29, 0.717) is 0 Å². The molecule has 0 aromatic carbocycles. The van der Waals surface area contributed by atoms with Crippen LogP contribution >= 0.6 is 0 Å². The minimum absolute atomic E-state index is 0. The summed E-state index contributed by atoms with van der Waals surface area (Å²) in [6, 6.07) is 0. The van der Waals surface area contributed by atoms with Crippen LogP contribution < -0.4 is 0 Å². The summed E-state index contributed by atoms with van der Waals surface area (Å²) in [6.07, 6.45) is -4.07. The maximum atomic E-state index is 7.69. The summed E-state index contributed by atoms with van der Waals surface area (Å²) >= 11 is 0. The zero-order valence-electron chi connectivity index (χ0n) is 8.36. The number of hydrogen-bond acceptors (Lipinski definition) is 4. The van der Waals surface area contributed by atoms with E-state index < -0.39 is 12.6 Å². The monoisotopic (exact) mass is 1060 g/mol. The molecule has 0 spiro atoms. The minimum atomic E-state index is -2.04. The molecule has 0 saturated heterocycles. The standard InChI is InChI=1S/C2H6O4.8Ag.6H2O/c3-1(4)2(5)6;;;;;;;;;;;;;;/h1-6H;;;;;;;;;6*1H2. The first-order valence-corrected chi connectivity index (χ1v) is 1.37. The van der Waals surface area contributed by atoms with E-state index in [4.69, 9.17) is 20.4 Å². The molecule has 0 heterocycles. The van der Waals surface area contributed by atoms with Gasteiger partial charge in [0.15, 0.2) is 0 Å². The molecule has 0 aliphatic heterocycles. The molecule has 8 radical (unpaired) electrons. The topological polar surface area (TPSA) is 270 Å². The second kappa shape index (κ2) is 102. The third-order valence-corrected chi connectivity index (χ3v) is 0.267. The van der Waals surface area contributed by atoms with Crippen LogP contribution in [0.2, 0.25) is 0 Å².